The Morgan fingerprint density at radius 2 is 1.70 bits per heavy atom. The predicted molar refractivity (Wildman–Crippen MR) is 84.9 cm³/mol. The molecule has 0 heterocycles. The molecule has 0 aliphatic carbocycles. The minimum Gasteiger partial charge on any atom is -0.455 e. The van der Waals surface area contributed by atoms with Crippen LogP contribution < -0.4 is 15.4 Å². The lowest BCUT2D eigenvalue weighted by Gasteiger charge is -2.10. The van der Waals surface area contributed by atoms with Gasteiger partial charge >= 0.3 is 18.2 Å². The predicted octanol–water partition coefficient (Wildman–Crippen LogP) is 0.205. The number of benzene rings is 1. The van der Waals surface area contributed by atoms with Crippen LogP contribution in [-0.2, 0) is 24.3 Å². The fourth-order valence-electron chi connectivity index (χ4n) is 1.54. The fourth-order valence-corrected chi connectivity index (χ4v) is 2.51. The van der Waals surface area contributed by atoms with E-state index >= 15 is 0 Å². The average Bonchev–Trinajstić information content (AvgIpc) is 2.56. The number of halogens is 3. The third-order valence-electron chi connectivity index (χ3n) is 2.80. The van der Waals surface area contributed by atoms with E-state index in [2.05, 4.69) is 4.74 Å². The molecule has 0 aliphatic rings. The summed E-state index contributed by atoms with van der Waals surface area (Å²) >= 11 is 0. The van der Waals surface area contributed by atoms with Crippen molar-refractivity contribution in [2.45, 2.75) is 18.0 Å². The molecule has 0 bridgehead atoms. The zero-order chi connectivity index (χ0) is 20.7. The van der Waals surface area contributed by atoms with Crippen LogP contribution in [0.25, 0.3) is 0 Å². The lowest BCUT2D eigenvalue weighted by molar-refractivity contribution is -0.147. The van der Waals surface area contributed by atoms with Crippen molar-refractivity contribution < 1.29 is 40.7 Å². The molecule has 0 aliphatic heterocycles. The van der Waals surface area contributed by atoms with Crippen LogP contribution in [0.4, 0.5) is 18.0 Å². The first-order chi connectivity index (χ1) is 12.4. The molecule has 0 spiro atoms. The first-order valence-electron chi connectivity index (χ1n) is 7.25. The van der Waals surface area contributed by atoms with Crippen molar-refractivity contribution >= 4 is 27.9 Å². The summed E-state index contributed by atoms with van der Waals surface area (Å²) in [6.45, 7) is -1.66. The molecule has 3 N–H and O–H groups in total. The maximum absolute atomic E-state index is 11.9. The van der Waals surface area contributed by atoms with Gasteiger partial charge in [-0.3, -0.25) is 14.9 Å². The highest BCUT2D eigenvalue weighted by molar-refractivity contribution is 7.89. The zero-order valence-corrected chi connectivity index (χ0v) is 14.7. The average molecular weight is 411 g/mol. The fraction of sp³-hybridized carbons (Fsp3) is 0.357. The summed E-state index contributed by atoms with van der Waals surface area (Å²) in [4.78, 5) is 33.6. The van der Waals surface area contributed by atoms with Gasteiger partial charge in [0.25, 0.3) is 5.91 Å². The summed E-state index contributed by atoms with van der Waals surface area (Å²) in [6, 6.07) is 4.35. The lowest BCUT2D eigenvalue weighted by Crippen LogP contribution is -2.44. The van der Waals surface area contributed by atoms with Gasteiger partial charge in [0.2, 0.25) is 10.0 Å². The van der Waals surface area contributed by atoms with Gasteiger partial charge in [-0.1, -0.05) is 17.7 Å². The largest absolute Gasteiger partial charge is 0.455 e. The number of amides is 3. The number of urea groups is 1. The van der Waals surface area contributed by atoms with Crippen molar-refractivity contribution in [1.82, 2.24) is 15.4 Å². The van der Waals surface area contributed by atoms with Gasteiger partial charge in [0.05, 0.1) is 4.90 Å². The van der Waals surface area contributed by atoms with Gasteiger partial charge < -0.3 is 10.1 Å². The highest BCUT2D eigenvalue weighted by Crippen LogP contribution is 2.12. The van der Waals surface area contributed by atoms with Crippen molar-refractivity contribution in [3.05, 3.63) is 29.8 Å². The maximum atomic E-state index is 11.9. The highest BCUT2D eigenvalue weighted by atomic mass is 32.2. The topological polar surface area (TPSA) is 131 Å². The van der Waals surface area contributed by atoms with Crippen LogP contribution in [0.2, 0.25) is 0 Å². The number of carbonyl (C=O) groups excluding carboxylic acids is 3. The second kappa shape index (κ2) is 9.32. The number of esters is 1. The van der Waals surface area contributed by atoms with Crippen molar-refractivity contribution in [2.24, 2.45) is 0 Å². The Morgan fingerprint density at radius 3 is 2.26 bits per heavy atom. The van der Waals surface area contributed by atoms with E-state index < -0.39 is 53.8 Å². The Bertz CT molecular complexity index is 793. The van der Waals surface area contributed by atoms with Gasteiger partial charge in [0.15, 0.2) is 6.61 Å². The van der Waals surface area contributed by atoms with Gasteiger partial charge in [0.1, 0.15) is 13.1 Å². The zero-order valence-electron chi connectivity index (χ0n) is 13.9. The Labute approximate surface area is 152 Å². The second-order valence-electron chi connectivity index (χ2n) is 5.14. The number of carbonyl (C=O) groups is 3. The lowest BCUT2D eigenvalue weighted by atomic mass is 10.2. The van der Waals surface area contributed by atoms with Crippen molar-refractivity contribution in [2.75, 3.05) is 19.7 Å². The number of ether oxygens (including phenoxy) is 1. The molecule has 0 atom stereocenters. The Balaban J connectivity index is 2.37. The molecule has 0 radical (unpaired) electrons. The molecule has 0 fully saturated rings. The summed E-state index contributed by atoms with van der Waals surface area (Å²) in [5, 5.41) is 2.89. The molecule has 150 valence electrons. The van der Waals surface area contributed by atoms with Crippen molar-refractivity contribution in [1.29, 1.82) is 0 Å². The van der Waals surface area contributed by atoms with Crippen LogP contribution in [0, 0.1) is 6.92 Å². The van der Waals surface area contributed by atoms with Crippen molar-refractivity contribution in [3.8, 4) is 0 Å². The summed E-state index contributed by atoms with van der Waals surface area (Å²) in [7, 11) is -3.97. The third-order valence-corrected chi connectivity index (χ3v) is 4.22. The van der Waals surface area contributed by atoms with Crippen LogP contribution >= 0.6 is 0 Å². The summed E-state index contributed by atoms with van der Waals surface area (Å²) in [5.41, 5.74) is 0.832. The van der Waals surface area contributed by atoms with Crippen LogP contribution in [0.5, 0.6) is 0 Å². The smallest absolute Gasteiger partial charge is 0.405 e. The summed E-state index contributed by atoms with van der Waals surface area (Å²) in [6.07, 6.45) is -4.65. The van der Waals surface area contributed by atoms with E-state index in [1.165, 1.54) is 22.8 Å². The standard InChI is InChI=1S/C14H16F3N3O6S/c1-9-2-4-10(5-3-9)27(24,25)19-6-12(22)26-7-11(21)20-13(23)18-8-14(15,16)17/h2-5,19H,6-8H2,1H3,(H2,18,20,21,23). The number of alkyl halides is 3. The van der Waals surface area contributed by atoms with Gasteiger partial charge in [-0.25, -0.2) is 13.2 Å². The van der Waals surface area contributed by atoms with Crippen LogP contribution in [0.3, 0.4) is 0 Å². The van der Waals surface area contributed by atoms with Crippen LogP contribution in [0.1, 0.15) is 5.56 Å². The number of hydrogen-bond donors (Lipinski definition) is 3. The van der Waals surface area contributed by atoms with Crippen LogP contribution in [0.15, 0.2) is 29.2 Å². The maximum Gasteiger partial charge on any atom is 0.405 e. The molecule has 1 rings (SSSR count). The SMILES string of the molecule is Cc1ccc(S(=O)(=O)NCC(=O)OCC(=O)NC(=O)NCC(F)(F)F)cc1. The number of nitrogens with one attached hydrogen (secondary N) is 3. The number of sulfonamides is 1. The van der Waals surface area contributed by atoms with E-state index in [4.69, 9.17) is 0 Å². The molecule has 1 aromatic carbocycles. The van der Waals surface area contributed by atoms with E-state index in [1.807, 2.05) is 4.72 Å². The van der Waals surface area contributed by atoms with E-state index in [0.717, 1.165) is 5.56 Å². The molecule has 13 heteroatoms. The molecule has 0 aromatic heterocycles. The van der Waals surface area contributed by atoms with E-state index in [9.17, 15) is 36.0 Å². The molecule has 0 saturated carbocycles. The molecule has 0 saturated heterocycles. The monoisotopic (exact) mass is 411 g/mol. The molecule has 3 amide bonds. The molecule has 9 nitrogen and oxygen atoms in total. The van der Waals surface area contributed by atoms with Gasteiger partial charge in [0, 0.05) is 0 Å². The first-order valence-corrected chi connectivity index (χ1v) is 8.74. The van der Waals surface area contributed by atoms with Crippen molar-refractivity contribution in [3.63, 3.8) is 0 Å². The molecule has 1 aromatic rings. The molecular formula is C14H16F3N3O6S. The van der Waals surface area contributed by atoms with Gasteiger partial charge in [-0.15, -0.1) is 0 Å². The minimum absolute atomic E-state index is 0.0834. The van der Waals surface area contributed by atoms with E-state index in [1.54, 1.807) is 19.1 Å². The minimum atomic E-state index is -4.65. The highest BCUT2D eigenvalue weighted by Gasteiger charge is 2.28. The van der Waals surface area contributed by atoms with E-state index in [-0.39, 0.29) is 4.90 Å². The number of rotatable bonds is 7. The summed E-state index contributed by atoms with van der Waals surface area (Å²) in [5.74, 6) is -2.32. The second-order valence-corrected chi connectivity index (χ2v) is 6.91. The molecule has 27 heavy (non-hydrogen) atoms. The Kier molecular flexibility index (Phi) is 7.72. The normalized spacial score (nSPS) is 11.6. The van der Waals surface area contributed by atoms with Gasteiger partial charge in [-0.05, 0) is 19.1 Å². The Morgan fingerprint density at radius 1 is 1.11 bits per heavy atom. The molecular weight excluding hydrogens is 395 g/mol. The number of aryl methyl sites for hydroxylation is 1. The third kappa shape index (κ3) is 9.01. The summed E-state index contributed by atoms with van der Waals surface area (Å²) < 4.78 is 65.9. The Hall–Kier alpha value is -2.67. The number of hydrogen-bond acceptors (Lipinski definition) is 6. The van der Waals surface area contributed by atoms with Crippen LogP contribution in [-0.4, -0.2) is 52.2 Å². The molecule has 0 unspecified atom stereocenters. The number of imide groups is 1. The quantitative estimate of drug-likeness (QED) is 0.550. The van der Waals surface area contributed by atoms with Gasteiger partial charge in [-0.2, -0.15) is 17.9 Å². The first kappa shape index (κ1) is 22.4. The van der Waals surface area contributed by atoms with E-state index in [0.29, 0.717) is 0 Å².